The van der Waals surface area contributed by atoms with Gasteiger partial charge in [-0.15, -0.1) is 0 Å². The second kappa shape index (κ2) is 6.80. The summed E-state index contributed by atoms with van der Waals surface area (Å²) >= 11 is 0. The maximum absolute atomic E-state index is 10.3. The van der Waals surface area contributed by atoms with E-state index in [4.69, 9.17) is 5.11 Å². The van der Waals surface area contributed by atoms with Gasteiger partial charge in [0.05, 0.1) is 6.42 Å². The van der Waals surface area contributed by atoms with Crippen molar-refractivity contribution in [3.05, 3.63) is 0 Å². The van der Waals surface area contributed by atoms with Crippen molar-refractivity contribution in [3.8, 4) is 0 Å². The summed E-state index contributed by atoms with van der Waals surface area (Å²) in [4.78, 5) is 12.8. The zero-order chi connectivity index (χ0) is 11.1. The van der Waals surface area contributed by atoms with Gasteiger partial charge in [0.15, 0.2) is 0 Å². The number of aliphatic carboxylic acids is 1. The van der Waals surface area contributed by atoms with Gasteiger partial charge in [-0.2, -0.15) is 0 Å². The molecule has 1 unspecified atom stereocenters. The van der Waals surface area contributed by atoms with Crippen LogP contribution in [0.1, 0.15) is 32.6 Å². The number of likely N-dealkylation sites (tertiary alicyclic amines) is 1. The van der Waals surface area contributed by atoms with Crippen LogP contribution in [-0.4, -0.2) is 48.2 Å². The summed E-state index contributed by atoms with van der Waals surface area (Å²) < 4.78 is 0. The third-order valence-electron chi connectivity index (χ3n) is 2.87. The third-order valence-corrected chi connectivity index (χ3v) is 2.87. The van der Waals surface area contributed by atoms with Crippen molar-refractivity contribution in [2.24, 2.45) is 0 Å². The van der Waals surface area contributed by atoms with Gasteiger partial charge in [-0.3, -0.25) is 4.79 Å². The number of carboxylic acid groups (broad SMARTS) is 1. The molecule has 1 saturated heterocycles. The van der Waals surface area contributed by atoms with Gasteiger partial charge in [0.1, 0.15) is 0 Å². The number of nitrogens with one attached hydrogen (secondary N) is 1. The molecule has 1 fully saturated rings. The van der Waals surface area contributed by atoms with Crippen molar-refractivity contribution in [2.45, 2.75) is 38.6 Å². The smallest absolute Gasteiger partial charge is 0.304 e. The van der Waals surface area contributed by atoms with Gasteiger partial charge < -0.3 is 15.3 Å². The van der Waals surface area contributed by atoms with Crippen LogP contribution in [0.5, 0.6) is 0 Å². The zero-order valence-corrected chi connectivity index (χ0v) is 9.54. The van der Waals surface area contributed by atoms with E-state index in [2.05, 4.69) is 17.1 Å². The first-order valence-corrected chi connectivity index (χ1v) is 5.90. The largest absolute Gasteiger partial charge is 0.481 e. The van der Waals surface area contributed by atoms with Gasteiger partial charge in [-0.1, -0.05) is 13.3 Å². The maximum Gasteiger partial charge on any atom is 0.304 e. The van der Waals surface area contributed by atoms with Crippen molar-refractivity contribution < 1.29 is 9.90 Å². The highest BCUT2D eigenvalue weighted by atomic mass is 16.4. The van der Waals surface area contributed by atoms with Crippen LogP contribution in [-0.2, 0) is 4.79 Å². The highest BCUT2D eigenvalue weighted by Crippen LogP contribution is 2.09. The van der Waals surface area contributed by atoms with Gasteiger partial charge in [-0.05, 0) is 25.9 Å². The molecule has 1 heterocycles. The molecule has 0 radical (unpaired) electrons. The summed E-state index contributed by atoms with van der Waals surface area (Å²) in [7, 11) is 0. The fourth-order valence-corrected chi connectivity index (χ4v) is 1.97. The molecule has 1 aliphatic heterocycles. The monoisotopic (exact) mass is 214 g/mol. The molecule has 0 aromatic heterocycles. The molecular weight excluding hydrogens is 192 g/mol. The fourth-order valence-electron chi connectivity index (χ4n) is 1.97. The molecule has 4 heteroatoms. The van der Waals surface area contributed by atoms with Gasteiger partial charge in [0.25, 0.3) is 0 Å². The van der Waals surface area contributed by atoms with Gasteiger partial charge in [-0.25, -0.2) is 0 Å². The van der Waals surface area contributed by atoms with Crippen LogP contribution in [0.15, 0.2) is 0 Å². The molecule has 0 spiro atoms. The van der Waals surface area contributed by atoms with Crippen molar-refractivity contribution in [2.75, 3.05) is 26.2 Å². The molecule has 0 bridgehead atoms. The first-order chi connectivity index (χ1) is 7.22. The number of carboxylic acids is 1. The molecule has 15 heavy (non-hydrogen) atoms. The van der Waals surface area contributed by atoms with Crippen molar-refractivity contribution in [1.82, 2.24) is 10.2 Å². The van der Waals surface area contributed by atoms with Crippen molar-refractivity contribution in [3.63, 3.8) is 0 Å². The second-order valence-corrected chi connectivity index (χ2v) is 4.24. The highest BCUT2D eigenvalue weighted by molar-refractivity contribution is 5.66. The van der Waals surface area contributed by atoms with Crippen LogP contribution in [0.2, 0.25) is 0 Å². The minimum absolute atomic E-state index is 0.228. The van der Waals surface area contributed by atoms with Crippen LogP contribution in [0.3, 0.4) is 0 Å². The molecule has 1 atom stereocenters. The molecule has 0 amide bonds. The summed E-state index contributed by atoms with van der Waals surface area (Å²) in [6, 6.07) is 0.501. The quantitative estimate of drug-likeness (QED) is 0.662. The molecule has 0 saturated carbocycles. The summed E-state index contributed by atoms with van der Waals surface area (Å²) in [5, 5.41) is 11.8. The van der Waals surface area contributed by atoms with E-state index in [1.807, 2.05) is 0 Å². The average molecular weight is 214 g/mol. The van der Waals surface area contributed by atoms with Crippen LogP contribution in [0.4, 0.5) is 0 Å². The van der Waals surface area contributed by atoms with E-state index in [0.29, 0.717) is 12.6 Å². The molecule has 1 rings (SSSR count). The van der Waals surface area contributed by atoms with E-state index in [9.17, 15) is 4.79 Å². The van der Waals surface area contributed by atoms with E-state index in [-0.39, 0.29) is 6.42 Å². The maximum atomic E-state index is 10.3. The third kappa shape index (κ3) is 5.14. The average Bonchev–Trinajstić information content (AvgIpc) is 2.62. The van der Waals surface area contributed by atoms with Crippen molar-refractivity contribution >= 4 is 5.97 Å². The van der Waals surface area contributed by atoms with E-state index in [1.54, 1.807) is 0 Å². The Bertz CT molecular complexity index is 197. The SMILES string of the molecule is CCCCN1CCC(NCCC(=O)O)C1. The first kappa shape index (κ1) is 12.5. The Hall–Kier alpha value is -0.610. The highest BCUT2D eigenvalue weighted by Gasteiger charge is 2.20. The number of hydrogen-bond donors (Lipinski definition) is 2. The number of carbonyl (C=O) groups is 1. The van der Waals surface area contributed by atoms with E-state index < -0.39 is 5.97 Å². The standard InChI is InChI=1S/C11H22N2O2/c1-2-3-7-13-8-5-10(9-13)12-6-4-11(14)15/h10,12H,2-9H2,1H3,(H,14,15). The molecule has 0 aromatic rings. The Morgan fingerprint density at radius 1 is 1.60 bits per heavy atom. The Labute approximate surface area is 91.6 Å². The Morgan fingerprint density at radius 3 is 3.07 bits per heavy atom. The lowest BCUT2D eigenvalue weighted by Gasteiger charge is -2.15. The Kier molecular flexibility index (Phi) is 5.65. The second-order valence-electron chi connectivity index (χ2n) is 4.24. The number of rotatable bonds is 7. The summed E-state index contributed by atoms with van der Waals surface area (Å²) in [5.41, 5.74) is 0. The van der Waals surface area contributed by atoms with Crippen LogP contribution in [0, 0.1) is 0 Å². The summed E-state index contributed by atoms with van der Waals surface area (Å²) in [6.07, 6.45) is 3.89. The van der Waals surface area contributed by atoms with Crippen LogP contribution >= 0.6 is 0 Å². The molecule has 2 N–H and O–H groups in total. The lowest BCUT2D eigenvalue weighted by molar-refractivity contribution is -0.136. The van der Waals surface area contributed by atoms with Gasteiger partial charge >= 0.3 is 5.97 Å². The molecule has 1 aliphatic rings. The van der Waals surface area contributed by atoms with Crippen molar-refractivity contribution in [1.29, 1.82) is 0 Å². The minimum atomic E-state index is -0.719. The Balaban J connectivity index is 2.05. The number of hydrogen-bond acceptors (Lipinski definition) is 3. The topological polar surface area (TPSA) is 52.6 Å². The fraction of sp³-hybridized carbons (Fsp3) is 0.909. The molecule has 0 aromatic carbocycles. The van der Waals surface area contributed by atoms with E-state index in [1.165, 1.54) is 19.4 Å². The van der Waals surface area contributed by atoms with E-state index >= 15 is 0 Å². The van der Waals surface area contributed by atoms with E-state index in [0.717, 1.165) is 19.5 Å². The molecule has 88 valence electrons. The first-order valence-electron chi connectivity index (χ1n) is 5.90. The normalized spacial score (nSPS) is 22.1. The number of unbranched alkanes of at least 4 members (excludes halogenated alkanes) is 1. The summed E-state index contributed by atoms with van der Waals surface area (Å²) in [5.74, 6) is -0.719. The van der Waals surface area contributed by atoms with Crippen LogP contribution < -0.4 is 5.32 Å². The minimum Gasteiger partial charge on any atom is -0.481 e. The molecule has 0 aliphatic carbocycles. The van der Waals surface area contributed by atoms with Gasteiger partial charge in [0, 0.05) is 19.1 Å². The summed E-state index contributed by atoms with van der Waals surface area (Å²) in [6.45, 7) is 6.23. The molecular formula is C11H22N2O2. The zero-order valence-electron chi connectivity index (χ0n) is 9.54. The predicted molar refractivity (Wildman–Crippen MR) is 60.0 cm³/mol. The predicted octanol–water partition coefficient (Wildman–Crippen LogP) is 0.925. The lowest BCUT2D eigenvalue weighted by atomic mass is 10.2. The Morgan fingerprint density at radius 2 is 2.40 bits per heavy atom. The number of nitrogens with zero attached hydrogens (tertiary/aromatic N) is 1. The lowest BCUT2D eigenvalue weighted by Crippen LogP contribution is -2.34. The van der Waals surface area contributed by atoms with Gasteiger partial charge in [0.2, 0.25) is 0 Å². The van der Waals surface area contributed by atoms with Crippen LogP contribution in [0.25, 0.3) is 0 Å². The molecule has 4 nitrogen and oxygen atoms in total.